The zero-order valence-corrected chi connectivity index (χ0v) is 11.7. The van der Waals surface area contributed by atoms with Crippen molar-refractivity contribution < 1.29 is 19.4 Å². The zero-order valence-electron chi connectivity index (χ0n) is 11.7. The number of hydrogen-bond donors (Lipinski definition) is 2. The number of hydrogen-bond acceptors (Lipinski definition) is 4. The number of aliphatic carboxylic acids is 1. The Labute approximate surface area is 122 Å². The number of carbonyl (C=O) groups excluding carboxylic acids is 1. The van der Waals surface area contributed by atoms with E-state index in [0.717, 1.165) is 18.7 Å². The van der Waals surface area contributed by atoms with Gasteiger partial charge in [-0.3, -0.25) is 4.79 Å². The zero-order chi connectivity index (χ0) is 14.9. The quantitative estimate of drug-likeness (QED) is 0.839. The van der Waals surface area contributed by atoms with Crippen LogP contribution in [0.1, 0.15) is 12.0 Å². The molecule has 1 fully saturated rings. The Balaban J connectivity index is 1.66. The van der Waals surface area contributed by atoms with Crippen LogP contribution in [0.5, 0.6) is 0 Å². The lowest BCUT2D eigenvalue weighted by atomic mass is 9.99. The molecule has 6 nitrogen and oxygen atoms in total. The van der Waals surface area contributed by atoms with Crippen molar-refractivity contribution in [3.63, 3.8) is 0 Å². The minimum Gasteiger partial charge on any atom is -0.479 e. The van der Waals surface area contributed by atoms with Gasteiger partial charge >= 0.3 is 5.97 Å². The molecular formula is C15H18N2O4. The summed E-state index contributed by atoms with van der Waals surface area (Å²) < 4.78 is 5.14. The molecule has 1 atom stereocenters. The van der Waals surface area contributed by atoms with Gasteiger partial charge in [-0.15, -0.1) is 0 Å². The summed E-state index contributed by atoms with van der Waals surface area (Å²) in [5.74, 6) is -1.31. The number of anilines is 1. The lowest BCUT2D eigenvalue weighted by molar-refractivity contribution is -0.147. The molecule has 6 heteroatoms. The number of nitrogens with one attached hydrogen (secondary N) is 1. The van der Waals surface area contributed by atoms with Crippen molar-refractivity contribution in [1.29, 1.82) is 0 Å². The first-order valence-electron chi connectivity index (χ1n) is 7.06. The number of carboxylic acid groups (broad SMARTS) is 1. The molecular weight excluding hydrogens is 272 g/mol. The maximum absolute atomic E-state index is 12.2. The summed E-state index contributed by atoms with van der Waals surface area (Å²) in [6.45, 7) is 1.35. The summed E-state index contributed by atoms with van der Waals surface area (Å²) in [7, 11) is 0. The van der Waals surface area contributed by atoms with Gasteiger partial charge in [-0.25, -0.2) is 4.79 Å². The van der Waals surface area contributed by atoms with Gasteiger partial charge in [0.25, 0.3) is 0 Å². The molecule has 2 aliphatic heterocycles. The topological polar surface area (TPSA) is 78.9 Å². The average Bonchev–Trinajstić information content (AvgIpc) is 3.08. The fourth-order valence-electron chi connectivity index (χ4n) is 2.94. The number of carboxylic acids is 1. The molecule has 0 bridgehead atoms. The molecule has 1 aromatic carbocycles. The van der Waals surface area contributed by atoms with E-state index in [9.17, 15) is 14.7 Å². The lowest BCUT2D eigenvalue weighted by Gasteiger charge is -2.26. The molecule has 21 heavy (non-hydrogen) atoms. The number of nitrogens with zero attached hydrogens (tertiary/aromatic N) is 1. The Morgan fingerprint density at radius 3 is 2.90 bits per heavy atom. The Kier molecular flexibility index (Phi) is 3.55. The molecule has 0 aromatic heterocycles. The predicted molar refractivity (Wildman–Crippen MR) is 76.3 cm³/mol. The lowest BCUT2D eigenvalue weighted by Crippen LogP contribution is -2.57. The highest BCUT2D eigenvalue weighted by Crippen LogP contribution is 2.27. The van der Waals surface area contributed by atoms with E-state index in [2.05, 4.69) is 11.4 Å². The summed E-state index contributed by atoms with van der Waals surface area (Å²) in [6.07, 6.45) is 1.22. The molecule has 1 saturated heterocycles. The van der Waals surface area contributed by atoms with Gasteiger partial charge in [0.1, 0.15) is 0 Å². The molecule has 1 amide bonds. The highest BCUT2D eigenvalue weighted by atomic mass is 16.5. The number of para-hydroxylation sites is 1. The third-order valence-corrected chi connectivity index (χ3v) is 4.13. The molecule has 0 aliphatic carbocycles. The van der Waals surface area contributed by atoms with Gasteiger partial charge in [-0.1, -0.05) is 18.2 Å². The van der Waals surface area contributed by atoms with E-state index in [1.165, 1.54) is 5.56 Å². The van der Waals surface area contributed by atoms with Gasteiger partial charge < -0.3 is 20.1 Å². The first kappa shape index (κ1) is 13.9. The first-order chi connectivity index (χ1) is 10.1. The van der Waals surface area contributed by atoms with Gasteiger partial charge in [0.15, 0.2) is 5.54 Å². The maximum atomic E-state index is 12.2. The van der Waals surface area contributed by atoms with Crippen LogP contribution in [0.15, 0.2) is 24.3 Å². The van der Waals surface area contributed by atoms with Crippen LogP contribution in [0.2, 0.25) is 0 Å². The monoisotopic (exact) mass is 290 g/mol. The number of benzene rings is 1. The SMILES string of the molecule is O=C(CN1CCc2ccccc21)NC1(C(=O)O)CCOC1. The second-order valence-corrected chi connectivity index (χ2v) is 5.54. The minimum absolute atomic E-state index is 0.0324. The number of rotatable bonds is 4. The molecule has 2 aliphatic rings. The van der Waals surface area contributed by atoms with Crippen molar-refractivity contribution in [2.24, 2.45) is 0 Å². The van der Waals surface area contributed by atoms with E-state index in [1.54, 1.807) is 0 Å². The van der Waals surface area contributed by atoms with Crippen LogP contribution in [0, 0.1) is 0 Å². The Bertz CT molecular complexity index is 567. The third-order valence-electron chi connectivity index (χ3n) is 4.13. The molecule has 0 saturated carbocycles. The highest BCUT2D eigenvalue weighted by molar-refractivity contribution is 5.90. The van der Waals surface area contributed by atoms with Crippen LogP contribution < -0.4 is 10.2 Å². The molecule has 1 aromatic rings. The van der Waals surface area contributed by atoms with Gasteiger partial charge in [0.05, 0.1) is 13.2 Å². The van der Waals surface area contributed by atoms with Crippen molar-refractivity contribution >= 4 is 17.6 Å². The summed E-state index contributed by atoms with van der Waals surface area (Å²) in [5.41, 5.74) is 1.01. The molecule has 2 heterocycles. The van der Waals surface area contributed by atoms with Crippen LogP contribution in [-0.4, -0.2) is 48.8 Å². The van der Waals surface area contributed by atoms with Crippen molar-refractivity contribution in [3.05, 3.63) is 29.8 Å². The van der Waals surface area contributed by atoms with E-state index in [-0.39, 0.29) is 19.1 Å². The predicted octanol–water partition coefficient (Wildman–Crippen LogP) is 0.409. The van der Waals surface area contributed by atoms with Crippen molar-refractivity contribution in [3.8, 4) is 0 Å². The van der Waals surface area contributed by atoms with Crippen LogP contribution in [0.4, 0.5) is 5.69 Å². The van der Waals surface area contributed by atoms with E-state index >= 15 is 0 Å². The van der Waals surface area contributed by atoms with E-state index in [1.807, 2.05) is 23.1 Å². The molecule has 2 N–H and O–H groups in total. The molecule has 0 spiro atoms. The van der Waals surface area contributed by atoms with Crippen LogP contribution in [0.3, 0.4) is 0 Å². The Morgan fingerprint density at radius 2 is 2.19 bits per heavy atom. The summed E-state index contributed by atoms with van der Waals surface area (Å²) >= 11 is 0. The average molecular weight is 290 g/mol. The summed E-state index contributed by atoms with van der Waals surface area (Å²) in [6, 6.07) is 7.97. The smallest absolute Gasteiger partial charge is 0.331 e. The number of ether oxygens (including phenoxy) is 1. The van der Waals surface area contributed by atoms with Crippen LogP contribution in [0.25, 0.3) is 0 Å². The van der Waals surface area contributed by atoms with Crippen LogP contribution >= 0.6 is 0 Å². The molecule has 112 valence electrons. The van der Waals surface area contributed by atoms with Crippen molar-refractivity contribution in [2.45, 2.75) is 18.4 Å². The molecule has 3 rings (SSSR count). The van der Waals surface area contributed by atoms with Gasteiger partial charge in [-0.05, 0) is 18.1 Å². The normalized spacial score (nSPS) is 23.9. The van der Waals surface area contributed by atoms with Crippen LogP contribution in [-0.2, 0) is 20.7 Å². The number of amides is 1. The second kappa shape index (κ2) is 5.37. The van der Waals surface area contributed by atoms with Gasteiger partial charge in [0.2, 0.25) is 5.91 Å². The van der Waals surface area contributed by atoms with E-state index < -0.39 is 11.5 Å². The van der Waals surface area contributed by atoms with E-state index in [0.29, 0.717) is 13.0 Å². The fraction of sp³-hybridized carbons (Fsp3) is 0.467. The van der Waals surface area contributed by atoms with E-state index in [4.69, 9.17) is 4.74 Å². The van der Waals surface area contributed by atoms with Crippen molar-refractivity contribution in [1.82, 2.24) is 5.32 Å². The van der Waals surface area contributed by atoms with Gasteiger partial charge in [0, 0.05) is 25.3 Å². The first-order valence-corrected chi connectivity index (χ1v) is 7.06. The fourth-order valence-corrected chi connectivity index (χ4v) is 2.94. The minimum atomic E-state index is -1.27. The van der Waals surface area contributed by atoms with Crippen molar-refractivity contribution in [2.75, 3.05) is 31.2 Å². The standard InChI is InChI=1S/C15H18N2O4/c18-13(16-15(14(19)20)6-8-21-10-15)9-17-7-5-11-3-1-2-4-12(11)17/h1-4H,5-10H2,(H,16,18)(H,19,20). The number of fused-ring (bicyclic) bond motifs is 1. The second-order valence-electron chi connectivity index (χ2n) is 5.54. The largest absolute Gasteiger partial charge is 0.479 e. The maximum Gasteiger partial charge on any atom is 0.331 e. The summed E-state index contributed by atoms with van der Waals surface area (Å²) in [5, 5.41) is 12.0. The molecule has 1 unspecified atom stereocenters. The highest BCUT2D eigenvalue weighted by Gasteiger charge is 2.44. The Hall–Kier alpha value is -2.08. The molecule has 0 radical (unpaired) electrons. The van der Waals surface area contributed by atoms with Gasteiger partial charge in [-0.2, -0.15) is 0 Å². The number of carbonyl (C=O) groups is 2. The Morgan fingerprint density at radius 1 is 1.38 bits per heavy atom. The third kappa shape index (κ3) is 2.58. The summed E-state index contributed by atoms with van der Waals surface area (Å²) in [4.78, 5) is 25.6.